The highest BCUT2D eigenvalue weighted by atomic mass is 16.5. The van der Waals surface area contributed by atoms with E-state index in [0.717, 1.165) is 19.3 Å². The average Bonchev–Trinajstić information content (AvgIpc) is 2.71. The van der Waals surface area contributed by atoms with Crippen LogP contribution in [0.4, 0.5) is 0 Å². The number of esters is 1. The molecule has 160 valence electrons. The van der Waals surface area contributed by atoms with Gasteiger partial charge in [-0.1, -0.05) is 0 Å². The van der Waals surface area contributed by atoms with E-state index in [1.807, 2.05) is 18.7 Å². The largest absolute Gasteiger partial charge is 0.484 e. The highest BCUT2D eigenvalue weighted by Gasteiger charge is 2.29. The molecule has 0 unspecified atom stereocenters. The fourth-order valence-corrected chi connectivity index (χ4v) is 3.48. The lowest BCUT2D eigenvalue weighted by Crippen LogP contribution is -2.49. The molecule has 2 rings (SSSR count). The summed E-state index contributed by atoms with van der Waals surface area (Å²) in [6, 6.07) is 8.16. The van der Waals surface area contributed by atoms with Gasteiger partial charge < -0.3 is 20.1 Å². The molecule has 0 saturated carbocycles. The van der Waals surface area contributed by atoms with Crippen molar-refractivity contribution in [1.82, 2.24) is 4.90 Å². The second-order valence-electron chi connectivity index (χ2n) is 7.41. The van der Waals surface area contributed by atoms with Crippen LogP contribution < -0.4 is 10.5 Å². The molecule has 1 heterocycles. The molecular weight excluding hydrogens is 386 g/mol. The Morgan fingerprint density at radius 1 is 1.13 bits per heavy atom. The molecule has 0 aromatic heterocycles. The minimum atomic E-state index is -0.714. The fourth-order valence-electron chi connectivity index (χ4n) is 3.48. The number of allylic oxidation sites excluding steroid dienone is 1. The summed E-state index contributed by atoms with van der Waals surface area (Å²) in [7, 11) is 0. The van der Waals surface area contributed by atoms with Gasteiger partial charge in [0.05, 0.1) is 5.56 Å². The van der Waals surface area contributed by atoms with E-state index in [1.165, 1.54) is 19.1 Å². The molecule has 1 amide bonds. The number of nitriles is 1. The molecule has 1 aromatic carbocycles. The first kappa shape index (κ1) is 22.9. The lowest BCUT2D eigenvalue weighted by atomic mass is 9.97. The van der Waals surface area contributed by atoms with Gasteiger partial charge in [0.15, 0.2) is 13.2 Å². The van der Waals surface area contributed by atoms with Crippen molar-refractivity contribution in [3.05, 3.63) is 41.1 Å². The van der Waals surface area contributed by atoms with Gasteiger partial charge in [0.25, 0.3) is 5.91 Å². The van der Waals surface area contributed by atoms with Crippen LogP contribution >= 0.6 is 0 Å². The monoisotopic (exact) mass is 413 g/mol. The smallest absolute Gasteiger partial charge is 0.338 e. The van der Waals surface area contributed by atoms with Gasteiger partial charge >= 0.3 is 5.97 Å². The van der Waals surface area contributed by atoms with E-state index in [2.05, 4.69) is 0 Å². The summed E-state index contributed by atoms with van der Waals surface area (Å²) < 4.78 is 10.5. The van der Waals surface area contributed by atoms with Crippen molar-refractivity contribution < 1.29 is 23.9 Å². The number of hydrogen-bond acceptors (Lipinski definition) is 7. The van der Waals surface area contributed by atoms with Crippen molar-refractivity contribution in [3.8, 4) is 11.8 Å². The summed E-state index contributed by atoms with van der Waals surface area (Å²) in [4.78, 5) is 38.3. The maximum atomic E-state index is 12.5. The molecule has 0 radical (unpaired) electrons. The minimum Gasteiger partial charge on any atom is -0.484 e. The number of amides is 1. The van der Waals surface area contributed by atoms with Crippen molar-refractivity contribution in [2.24, 2.45) is 5.73 Å². The SMILES string of the molecule is C/C(N)=C(\C#N)C(=O)COC(=O)c1ccc(OCC(=O)N2[C@H](C)CCC[C@H]2C)cc1. The molecule has 1 saturated heterocycles. The molecule has 1 aliphatic rings. The number of Topliss-reactive ketones (excluding diaryl/α,β-unsaturated/α-hetero) is 1. The molecule has 0 aliphatic carbocycles. The molecule has 0 bridgehead atoms. The van der Waals surface area contributed by atoms with Crippen LogP contribution in [0.2, 0.25) is 0 Å². The van der Waals surface area contributed by atoms with Crippen LogP contribution in [0.1, 0.15) is 50.4 Å². The van der Waals surface area contributed by atoms with E-state index in [1.54, 1.807) is 18.2 Å². The van der Waals surface area contributed by atoms with Crippen LogP contribution in [0.25, 0.3) is 0 Å². The second kappa shape index (κ2) is 10.4. The number of piperidine rings is 1. The number of carbonyl (C=O) groups excluding carboxylic acids is 3. The number of ketones is 1. The summed E-state index contributed by atoms with van der Waals surface area (Å²) in [6.07, 6.45) is 3.11. The number of nitrogens with zero attached hydrogens (tertiary/aromatic N) is 2. The predicted molar refractivity (Wildman–Crippen MR) is 109 cm³/mol. The topological polar surface area (TPSA) is 123 Å². The number of ether oxygens (including phenoxy) is 2. The quantitative estimate of drug-likeness (QED) is 0.413. The third kappa shape index (κ3) is 5.83. The molecule has 1 aromatic rings. The molecule has 2 N–H and O–H groups in total. The van der Waals surface area contributed by atoms with Crippen molar-refractivity contribution in [3.63, 3.8) is 0 Å². The summed E-state index contributed by atoms with van der Waals surface area (Å²) in [6.45, 7) is 4.87. The maximum absolute atomic E-state index is 12.5. The summed E-state index contributed by atoms with van der Waals surface area (Å²) in [5.41, 5.74) is 5.51. The van der Waals surface area contributed by atoms with Crippen LogP contribution in [0.5, 0.6) is 5.75 Å². The highest BCUT2D eigenvalue weighted by Crippen LogP contribution is 2.23. The normalized spacial score (nSPS) is 19.3. The van der Waals surface area contributed by atoms with E-state index in [-0.39, 0.29) is 41.4 Å². The van der Waals surface area contributed by atoms with Gasteiger partial charge in [0.1, 0.15) is 17.4 Å². The van der Waals surface area contributed by atoms with Crippen molar-refractivity contribution in [1.29, 1.82) is 5.26 Å². The first-order valence-electron chi connectivity index (χ1n) is 9.85. The molecule has 1 fully saturated rings. The average molecular weight is 413 g/mol. The zero-order valence-corrected chi connectivity index (χ0v) is 17.5. The zero-order chi connectivity index (χ0) is 22.3. The molecule has 1 aliphatic heterocycles. The Balaban J connectivity index is 1.88. The van der Waals surface area contributed by atoms with Gasteiger partial charge in [0, 0.05) is 17.8 Å². The Morgan fingerprint density at radius 3 is 2.27 bits per heavy atom. The van der Waals surface area contributed by atoms with Crippen molar-refractivity contribution >= 4 is 17.7 Å². The third-order valence-electron chi connectivity index (χ3n) is 5.05. The lowest BCUT2D eigenvalue weighted by Gasteiger charge is -2.38. The Hall–Kier alpha value is -3.34. The van der Waals surface area contributed by atoms with E-state index >= 15 is 0 Å². The standard InChI is InChI=1S/C22H27N3O5/c1-14-5-4-6-15(2)25(14)21(27)13-29-18-9-7-17(8-10-18)22(28)30-12-20(26)19(11-23)16(3)24/h7-10,14-15H,4-6,12-13,24H2,1-3H3/b19-16-/t14-,15-/m1/s1. The number of rotatable bonds is 7. The number of hydrogen-bond donors (Lipinski definition) is 1. The number of benzene rings is 1. The van der Waals surface area contributed by atoms with Gasteiger partial charge in [-0.05, 0) is 64.3 Å². The summed E-state index contributed by atoms with van der Waals surface area (Å²) >= 11 is 0. The summed E-state index contributed by atoms with van der Waals surface area (Å²) in [5.74, 6) is -0.991. The van der Waals surface area contributed by atoms with Gasteiger partial charge in [-0.2, -0.15) is 5.26 Å². The highest BCUT2D eigenvalue weighted by molar-refractivity contribution is 6.02. The van der Waals surface area contributed by atoms with Crippen LogP contribution in [0.3, 0.4) is 0 Å². The molecule has 30 heavy (non-hydrogen) atoms. The molecule has 0 spiro atoms. The first-order valence-corrected chi connectivity index (χ1v) is 9.85. The second-order valence-corrected chi connectivity index (χ2v) is 7.41. The zero-order valence-electron chi connectivity index (χ0n) is 17.5. The van der Waals surface area contributed by atoms with Gasteiger partial charge in [0.2, 0.25) is 5.78 Å². The minimum absolute atomic E-state index is 0.0618. The Morgan fingerprint density at radius 2 is 1.73 bits per heavy atom. The number of likely N-dealkylation sites (tertiary alicyclic amines) is 1. The molecule has 2 atom stereocenters. The van der Waals surface area contributed by atoms with Crippen LogP contribution in [-0.2, 0) is 14.3 Å². The number of carbonyl (C=O) groups is 3. The Bertz CT molecular complexity index is 856. The van der Waals surface area contributed by atoms with E-state index < -0.39 is 18.4 Å². The molecule has 8 nitrogen and oxygen atoms in total. The third-order valence-corrected chi connectivity index (χ3v) is 5.05. The van der Waals surface area contributed by atoms with Crippen LogP contribution in [0, 0.1) is 11.3 Å². The Labute approximate surface area is 176 Å². The van der Waals surface area contributed by atoms with Gasteiger partial charge in [-0.15, -0.1) is 0 Å². The Kier molecular flexibility index (Phi) is 7.98. The maximum Gasteiger partial charge on any atom is 0.338 e. The predicted octanol–water partition coefficient (Wildman–Crippen LogP) is 2.34. The van der Waals surface area contributed by atoms with Gasteiger partial charge in [-0.25, -0.2) is 4.79 Å². The van der Waals surface area contributed by atoms with Crippen LogP contribution in [-0.4, -0.2) is 47.9 Å². The summed E-state index contributed by atoms with van der Waals surface area (Å²) in [5, 5.41) is 8.89. The fraction of sp³-hybridized carbons (Fsp3) is 0.455. The lowest BCUT2D eigenvalue weighted by molar-refractivity contribution is -0.139. The van der Waals surface area contributed by atoms with E-state index in [9.17, 15) is 14.4 Å². The van der Waals surface area contributed by atoms with Crippen molar-refractivity contribution in [2.45, 2.75) is 52.1 Å². The van der Waals surface area contributed by atoms with Crippen molar-refractivity contribution in [2.75, 3.05) is 13.2 Å². The number of nitrogens with two attached hydrogens (primary N) is 1. The van der Waals surface area contributed by atoms with E-state index in [0.29, 0.717) is 5.75 Å². The molecule has 8 heteroatoms. The molecular formula is C22H27N3O5. The van der Waals surface area contributed by atoms with E-state index in [4.69, 9.17) is 20.5 Å². The first-order chi connectivity index (χ1) is 14.2. The van der Waals surface area contributed by atoms with Crippen LogP contribution in [0.15, 0.2) is 35.5 Å². The van der Waals surface area contributed by atoms with Gasteiger partial charge in [-0.3, -0.25) is 9.59 Å².